The van der Waals surface area contributed by atoms with E-state index in [0.717, 1.165) is 6.41 Å². The van der Waals surface area contributed by atoms with Crippen molar-refractivity contribution in [2.24, 2.45) is 0 Å². The van der Waals surface area contributed by atoms with Gasteiger partial charge in [-0.3, -0.25) is 9.59 Å². The quantitative estimate of drug-likeness (QED) is 0.691. The third-order valence-electron chi connectivity index (χ3n) is 3.19. The second kappa shape index (κ2) is 5.12. The van der Waals surface area contributed by atoms with Gasteiger partial charge in [0.25, 0.3) is 5.91 Å². The Morgan fingerprint density at radius 2 is 1.72 bits per heavy atom. The second-order valence-electron chi connectivity index (χ2n) is 4.35. The molecule has 0 N–H and O–H groups in total. The van der Waals surface area contributed by atoms with Gasteiger partial charge < -0.3 is 9.80 Å². The third-order valence-corrected chi connectivity index (χ3v) is 3.19. The number of amides is 2. The van der Waals surface area contributed by atoms with Crippen molar-refractivity contribution >= 4 is 12.3 Å². The number of hydrogen-bond donors (Lipinski definition) is 0. The lowest BCUT2D eigenvalue weighted by molar-refractivity contribution is -0.119. The summed E-state index contributed by atoms with van der Waals surface area (Å²) >= 11 is 0. The molecule has 0 aromatic carbocycles. The molecule has 0 atom stereocenters. The van der Waals surface area contributed by atoms with Crippen LogP contribution in [0, 0.1) is 13.8 Å². The van der Waals surface area contributed by atoms with Gasteiger partial charge in [-0.15, -0.1) is 0 Å². The SMILES string of the molecule is Cc1ncnc(C)c1C(=O)N1CCN(C=O)CC1. The van der Waals surface area contributed by atoms with Crippen molar-refractivity contribution in [1.29, 1.82) is 0 Å². The highest BCUT2D eigenvalue weighted by Gasteiger charge is 2.24. The molecule has 6 nitrogen and oxygen atoms in total. The molecular formula is C12H16N4O2. The van der Waals surface area contributed by atoms with Gasteiger partial charge in [-0.1, -0.05) is 0 Å². The fraction of sp³-hybridized carbons (Fsp3) is 0.500. The fourth-order valence-corrected chi connectivity index (χ4v) is 2.09. The van der Waals surface area contributed by atoms with E-state index in [-0.39, 0.29) is 5.91 Å². The molecule has 96 valence electrons. The van der Waals surface area contributed by atoms with E-state index >= 15 is 0 Å². The van der Waals surface area contributed by atoms with Crippen LogP contribution in [0.5, 0.6) is 0 Å². The van der Waals surface area contributed by atoms with Crippen molar-refractivity contribution in [3.05, 3.63) is 23.3 Å². The zero-order valence-electron chi connectivity index (χ0n) is 10.6. The second-order valence-corrected chi connectivity index (χ2v) is 4.35. The molecular weight excluding hydrogens is 232 g/mol. The Morgan fingerprint density at radius 1 is 1.17 bits per heavy atom. The molecule has 0 unspecified atom stereocenters. The number of nitrogens with zero attached hydrogens (tertiary/aromatic N) is 4. The molecule has 1 aliphatic rings. The number of hydrogen-bond acceptors (Lipinski definition) is 4. The first-order valence-corrected chi connectivity index (χ1v) is 5.90. The van der Waals surface area contributed by atoms with Gasteiger partial charge in [0.15, 0.2) is 0 Å². The first-order valence-electron chi connectivity index (χ1n) is 5.90. The number of rotatable bonds is 2. The van der Waals surface area contributed by atoms with E-state index in [4.69, 9.17) is 0 Å². The highest BCUT2D eigenvalue weighted by Crippen LogP contribution is 2.13. The van der Waals surface area contributed by atoms with E-state index in [1.165, 1.54) is 6.33 Å². The highest BCUT2D eigenvalue weighted by molar-refractivity contribution is 5.96. The van der Waals surface area contributed by atoms with Crippen molar-refractivity contribution < 1.29 is 9.59 Å². The van der Waals surface area contributed by atoms with Gasteiger partial charge in [-0.25, -0.2) is 9.97 Å². The zero-order valence-corrected chi connectivity index (χ0v) is 10.6. The zero-order chi connectivity index (χ0) is 13.1. The summed E-state index contributed by atoms with van der Waals surface area (Å²) in [6.45, 7) is 5.91. The Kier molecular flexibility index (Phi) is 3.55. The maximum Gasteiger partial charge on any atom is 0.257 e. The molecule has 0 spiro atoms. The van der Waals surface area contributed by atoms with Crippen LogP contribution >= 0.6 is 0 Å². The van der Waals surface area contributed by atoms with Gasteiger partial charge in [0.2, 0.25) is 6.41 Å². The molecule has 0 aliphatic carbocycles. The monoisotopic (exact) mass is 248 g/mol. The molecule has 18 heavy (non-hydrogen) atoms. The Balaban J connectivity index is 2.15. The Bertz CT molecular complexity index is 447. The van der Waals surface area contributed by atoms with Crippen LogP contribution in [0.2, 0.25) is 0 Å². The predicted octanol–water partition coefficient (Wildman–Crippen LogP) is 0.00764. The Labute approximate surface area is 106 Å². The van der Waals surface area contributed by atoms with E-state index in [0.29, 0.717) is 43.1 Å². The van der Waals surface area contributed by atoms with Gasteiger partial charge in [0.1, 0.15) is 6.33 Å². The average Bonchev–Trinajstić information content (AvgIpc) is 2.38. The van der Waals surface area contributed by atoms with E-state index in [9.17, 15) is 9.59 Å². The topological polar surface area (TPSA) is 66.4 Å². The summed E-state index contributed by atoms with van der Waals surface area (Å²) in [5.41, 5.74) is 1.98. The molecule has 2 heterocycles. The molecule has 0 radical (unpaired) electrons. The van der Waals surface area contributed by atoms with Crippen LogP contribution in [0.25, 0.3) is 0 Å². The third kappa shape index (κ3) is 2.32. The summed E-state index contributed by atoms with van der Waals surface area (Å²) in [6.07, 6.45) is 2.29. The van der Waals surface area contributed by atoms with Crippen molar-refractivity contribution in [3.63, 3.8) is 0 Å². The van der Waals surface area contributed by atoms with Crippen LogP contribution in [0.15, 0.2) is 6.33 Å². The molecule has 2 rings (SSSR count). The van der Waals surface area contributed by atoms with Crippen molar-refractivity contribution in [2.75, 3.05) is 26.2 Å². The predicted molar refractivity (Wildman–Crippen MR) is 65.0 cm³/mol. The van der Waals surface area contributed by atoms with Gasteiger partial charge in [-0.2, -0.15) is 0 Å². The molecule has 1 aliphatic heterocycles. The molecule has 0 saturated carbocycles. The minimum absolute atomic E-state index is 0.0452. The van der Waals surface area contributed by atoms with Crippen LogP contribution in [-0.4, -0.2) is 58.3 Å². The number of aryl methyl sites for hydroxylation is 2. The molecule has 2 amide bonds. The van der Waals surface area contributed by atoms with Gasteiger partial charge in [0.05, 0.1) is 17.0 Å². The molecule has 1 aromatic rings. The van der Waals surface area contributed by atoms with E-state index in [1.54, 1.807) is 9.80 Å². The molecule has 1 aromatic heterocycles. The average molecular weight is 248 g/mol. The fourth-order valence-electron chi connectivity index (χ4n) is 2.09. The maximum absolute atomic E-state index is 12.4. The normalized spacial score (nSPS) is 15.7. The molecule has 1 fully saturated rings. The van der Waals surface area contributed by atoms with Crippen LogP contribution in [0.3, 0.4) is 0 Å². The number of carbonyl (C=O) groups excluding carboxylic acids is 2. The van der Waals surface area contributed by atoms with Gasteiger partial charge in [0, 0.05) is 26.2 Å². The van der Waals surface area contributed by atoms with E-state index in [1.807, 2.05) is 13.8 Å². The lowest BCUT2D eigenvalue weighted by Crippen LogP contribution is -2.48. The summed E-state index contributed by atoms with van der Waals surface area (Å²) in [7, 11) is 0. The van der Waals surface area contributed by atoms with Gasteiger partial charge >= 0.3 is 0 Å². The molecule has 0 bridgehead atoms. The largest absolute Gasteiger partial charge is 0.342 e. The van der Waals surface area contributed by atoms with Gasteiger partial charge in [-0.05, 0) is 13.8 Å². The highest BCUT2D eigenvalue weighted by atomic mass is 16.2. The number of carbonyl (C=O) groups is 2. The Hall–Kier alpha value is -1.98. The summed E-state index contributed by atoms with van der Waals surface area (Å²) in [5.74, 6) is -0.0452. The van der Waals surface area contributed by atoms with Crippen molar-refractivity contribution in [1.82, 2.24) is 19.8 Å². The smallest absolute Gasteiger partial charge is 0.257 e. The first-order chi connectivity index (χ1) is 8.63. The minimum atomic E-state index is -0.0452. The maximum atomic E-state index is 12.4. The van der Waals surface area contributed by atoms with Crippen LogP contribution in [0.4, 0.5) is 0 Å². The molecule has 1 saturated heterocycles. The summed E-state index contributed by atoms with van der Waals surface area (Å²) in [5, 5.41) is 0. The van der Waals surface area contributed by atoms with E-state index in [2.05, 4.69) is 9.97 Å². The number of aromatic nitrogens is 2. The van der Waals surface area contributed by atoms with Crippen molar-refractivity contribution in [3.8, 4) is 0 Å². The van der Waals surface area contributed by atoms with Crippen LogP contribution in [-0.2, 0) is 4.79 Å². The van der Waals surface area contributed by atoms with E-state index < -0.39 is 0 Å². The summed E-state index contributed by atoms with van der Waals surface area (Å²) < 4.78 is 0. The standard InChI is InChI=1S/C12H16N4O2/c1-9-11(10(2)14-7-13-9)12(18)16-5-3-15(8-17)4-6-16/h7-8H,3-6H2,1-2H3. The van der Waals surface area contributed by atoms with Crippen LogP contribution < -0.4 is 0 Å². The molecule has 6 heteroatoms. The lowest BCUT2D eigenvalue weighted by Gasteiger charge is -2.32. The van der Waals surface area contributed by atoms with Crippen LogP contribution in [0.1, 0.15) is 21.7 Å². The number of piperazine rings is 1. The lowest BCUT2D eigenvalue weighted by atomic mass is 10.1. The summed E-state index contributed by atoms with van der Waals surface area (Å²) in [4.78, 5) is 34.5. The summed E-state index contributed by atoms with van der Waals surface area (Å²) in [6, 6.07) is 0. The van der Waals surface area contributed by atoms with Crippen molar-refractivity contribution in [2.45, 2.75) is 13.8 Å². The first kappa shape index (κ1) is 12.5. The Morgan fingerprint density at radius 3 is 2.22 bits per heavy atom. The minimum Gasteiger partial charge on any atom is -0.342 e.